The van der Waals surface area contributed by atoms with Crippen LogP contribution in [0.4, 0.5) is 22.0 Å². The molecule has 24 heavy (non-hydrogen) atoms. The molecule has 0 saturated carbocycles. The van der Waals surface area contributed by atoms with Crippen molar-refractivity contribution in [2.45, 2.75) is 65.5 Å². The van der Waals surface area contributed by atoms with Crippen LogP contribution in [0.5, 0.6) is 0 Å². The van der Waals surface area contributed by atoms with E-state index in [2.05, 4.69) is 10.3 Å². The van der Waals surface area contributed by atoms with Crippen LogP contribution in [0.1, 0.15) is 53.4 Å². The maximum atomic E-state index is 13.5. The van der Waals surface area contributed by atoms with Gasteiger partial charge in [0, 0.05) is 19.1 Å². The average Bonchev–Trinajstić information content (AvgIpc) is 2.47. The molecule has 0 spiro atoms. The first-order valence-corrected chi connectivity index (χ1v) is 8.39. The van der Waals surface area contributed by atoms with Crippen LogP contribution in [-0.4, -0.2) is 31.5 Å². The zero-order valence-electron chi connectivity index (χ0n) is 14.9. The van der Waals surface area contributed by atoms with Gasteiger partial charge in [-0.25, -0.2) is 8.78 Å². The van der Waals surface area contributed by atoms with Gasteiger partial charge in [0.05, 0.1) is 12.2 Å². The molecule has 2 atom stereocenters. The quantitative estimate of drug-likeness (QED) is 0.291. The van der Waals surface area contributed by atoms with Crippen LogP contribution < -0.4 is 5.32 Å². The summed E-state index contributed by atoms with van der Waals surface area (Å²) >= 11 is 0. The van der Waals surface area contributed by atoms with Gasteiger partial charge in [0.25, 0.3) is 0 Å². The minimum absolute atomic E-state index is 0.0323. The van der Waals surface area contributed by atoms with Crippen LogP contribution in [0.15, 0.2) is 16.6 Å². The minimum Gasteiger partial charge on any atom is -0.298 e. The van der Waals surface area contributed by atoms with Crippen molar-refractivity contribution in [3.63, 3.8) is 0 Å². The summed E-state index contributed by atoms with van der Waals surface area (Å²) in [5, 5.41) is 2.95. The Morgan fingerprint density at radius 3 is 2.25 bits per heavy atom. The number of allylic oxidation sites excluding steroid dienone is 2. The molecule has 7 heteroatoms. The lowest BCUT2D eigenvalue weighted by molar-refractivity contribution is -0.0857. The van der Waals surface area contributed by atoms with E-state index < -0.39 is 17.7 Å². The van der Waals surface area contributed by atoms with Gasteiger partial charge in [-0.1, -0.05) is 33.3 Å². The van der Waals surface area contributed by atoms with Crippen LogP contribution >= 0.6 is 0 Å². The Hall–Kier alpha value is -0.980. The van der Waals surface area contributed by atoms with Crippen molar-refractivity contribution in [1.29, 1.82) is 0 Å². The summed E-state index contributed by atoms with van der Waals surface area (Å²) in [6.45, 7) is 7.05. The van der Waals surface area contributed by atoms with Crippen LogP contribution in [0.2, 0.25) is 0 Å². The zero-order valence-corrected chi connectivity index (χ0v) is 14.9. The molecule has 0 aliphatic carbocycles. The maximum Gasteiger partial charge on any atom is 0.417 e. The van der Waals surface area contributed by atoms with Crippen molar-refractivity contribution < 1.29 is 22.0 Å². The fourth-order valence-corrected chi connectivity index (χ4v) is 2.51. The van der Waals surface area contributed by atoms with E-state index >= 15 is 0 Å². The third kappa shape index (κ3) is 9.35. The van der Waals surface area contributed by atoms with Crippen molar-refractivity contribution in [2.24, 2.45) is 16.8 Å². The lowest BCUT2D eigenvalue weighted by Crippen LogP contribution is -2.31. The summed E-state index contributed by atoms with van der Waals surface area (Å²) in [5.74, 6) is -2.79. The van der Waals surface area contributed by atoms with Crippen molar-refractivity contribution in [3.05, 3.63) is 11.6 Å². The van der Waals surface area contributed by atoms with Crippen LogP contribution in [0, 0.1) is 11.8 Å². The summed E-state index contributed by atoms with van der Waals surface area (Å²) in [5.41, 5.74) is -0.801. The summed E-state index contributed by atoms with van der Waals surface area (Å²) in [6, 6.07) is 0. The first kappa shape index (κ1) is 23.0. The Balaban J connectivity index is 4.46. The van der Waals surface area contributed by atoms with Gasteiger partial charge in [-0.15, -0.1) is 0 Å². The molecule has 0 radical (unpaired) electrons. The van der Waals surface area contributed by atoms with Gasteiger partial charge in [-0.2, -0.15) is 13.2 Å². The molecule has 1 N–H and O–H groups in total. The summed E-state index contributed by atoms with van der Waals surface area (Å²) in [6.07, 6.45) is -1.36. The number of halogens is 5. The Bertz CT molecular complexity index is 402. The van der Waals surface area contributed by atoms with Gasteiger partial charge in [0.1, 0.15) is 0 Å². The van der Waals surface area contributed by atoms with E-state index in [0.717, 1.165) is 25.1 Å². The molecule has 0 saturated heterocycles. The Morgan fingerprint density at radius 2 is 1.79 bits per heavy atom. The third-order valence-electron chi connectivity index (χ3n) is 4.08. The van der Waals surface area contributed by atoms with Crippen molar-refractivity contribution >= 4 is 6.21 Å². The monoisotopic (exact) mass is 356 g/mol. The minimum atomic E-state index is -4.41. The summed E-state index contributed by atoms with van der Waals surface area (Å²) < 4.78 is 64.6. The highest BCUT2D eigenvalue weighted by Gasteiger charge is 2.32. The molecule has 0 amide bonds. The molecule has 0 aromatic heterocycles. The van der Waals surface area contributed by atoms with Crippen molar-refractivity contribution in [3.8, 4) is 0 Å². The average molecular weight is 356 g/mol. The molecule has 0 aromatic carbocycles. The number of hydrogen-bond acceptors (Lipinski definition) is 2. The highest BCUT2D eigenvalue weighted by Crippen LogP contribution is 2.31. The molecule has 2 nitrogen and oxygen atoms in total. The van der Waals surface area contributed by atoms with Crippen LogP contribution in [0.3, 0.4) is 0 Å². The normalized spacial score (nSPS) is 16.6. The standard InChI is InChI=1S/C17H29F5N2/c1-5-8-14(13(4)9-16(18,19)7-3)10-23-12-24-11-15(6-2)17(20,21)22/h6,11,13-14,23H,5,7-10,12H2,1-4H3/b15-6+,24-11?. The van der Waals surface area contributed by atoms with Crippen LogP contribution in [0.25, 0.3) is 0 Å². The van der Waals surface area contributed by atoms with Gasteiger partial charge in [0.15, 0.2) is 0 Å². The second-order valence-corrected chi connectivity index (χ2v) is 6.11. The predicted molar refractivity (Wildman–Crippen MR) is 88.6 cm³/mol. The van der Waals surface area contributed by atoms with Crippen molar-refractivity contribution in [1.82, 2.24) is 5.32 Å². The highest BCUT2D eigenvalue weighted by atomic mass is 19.4. The Morgan fingerprint density at radius 1 is 1.17 bits per heavy atom. The first-order chi connectivity index (χ1) is 11.1. The molecule has 0 bridgehead atoms. The second kappa shape index (κ2) is 10.8. The first-order valence-electron chi connectivity index (χ1n) is 8.39. The van der Waals surface area contributed by atoms with Gasteiger partial charge in [-0.3, -0.25) is 10.3 Å². The molecule has 142 valence electrons. The number of aliphatic imine (C=N–C) groups is 1. The number of rotatable bonds is 11. The molecule has 0 heterocycles. The van der Waals surface area contributed by atoms with E-state index in [0.29, 0.717) is 6.54 Å². The lowest BCUT2D eigenvalue weighted by atomic mass is 9.85. The largest absolute Gasteiger partial charge is 0.417 e. The van der Waals surface area contributed by atoms with E-state index in [4.69, 9.17) is 0 Å². The van der Waals surface area contributed by atoms with E-state index in [1.807, 2.05) is 6.92 Å². The van der Waals surface area contributed by atoms with Gasteiger partial charge >= 0.3 is 6.18 Å². The van der Waals surface area contributed by atoms with Crippen molar-refractivity contribution in [2.75, 3.05) is 13.2 Å². The zero-order chi connectivity index (χ0) is 18.8. The number of alkyl halides is 5. The van der Waals surface area contributed by atoms with E-state index in [-0.39, 0.29) is 31.3 Å². The van der Waals surface area contributed by atoms with Gasteiger partial charge in [-0.05, 0) is 31.7 Å². The predicted octanol–water partition coefficient (Wildman–Crippen LogP) is 5.60. The molecule has 0 fully saturated rings. The molecular weight excluding hydrogens is 327 g/mol. The Kier molecular flexibility index (Phi) is 10.4. The second-order valence-electron chi connectivity index (χ2n) is 6.11. The van der Waals surface area contributed by atoms with Gasteiger partial charge < -0.3 is 0 Å². The number of nitrogens with zero attached hydrogens (tertiary/aromatic N) is 1. The SMILES string of the molecule is C/C=C(\C=NCNCC(CCC)C(C)CC(F)(F)CC)C(F)(F)F. The topological polar surface area (TPSA) is 24.4 Å². The van der Waals surface area contributed by atoms with Crippen LogP contribution in [-0.2, 0) is 0 Å². The fourth-order valence-electron chi connectivity index (χ4n) is 2.51. The molecule has 0 aliphatic heterocycles. The van der Waals surface area contributed by atoms with E-state index in [9.17, 15) is 22.0 Å². The summed E-state index contributed by atoms with van der Waals surface area (Å²) in [4.78, 5) is 3.72. The lowest BCUT2D eigenvalue weighted by Gasteiger charge is -2.27. The molecule has 0 aromatic rings. The van der Waals surface area contributed by atoms with Gasteiger partial charge in [0.2, 0.25) is 5.92 Å². The van der Waals surface area contributed by atoms with E-state index in [1.54, 1.807) is 6.92 Å². The smallest absolute Gasteiger partial charge is 0.298 e. The third-order valence-corrected chi connectivity index (χ3v) is 4.08. The highest BCUT2D eigenvalue weighted by molar-refractivity contribution is 5.80. The fraction of sp³-hybridized carbons (Fsp3) is 0.824. The number of nitrogens with one attached hydrogen (secondary N) is 1. The molecular formula is C17H29F5N2. The molecule has 2 unspecified atom stereocenters. The number of hydrogen-bond donors (Lipinski definition) is 1. The summed E-state index contributed by atoms with van der Waals surface area (Å²) in [7, 11) is 0. The molecule has 0 aliphatic rings. The molecule has 0 rings (SSSR count). The maximum absolute atomic E-state index is 13.5. The Labute approximate surface area is 141 Å². The van der Waals surface area contributed by atoms with E-state index in [1.165, 1.54) is 13.8 Å².